The highest BCUT2D eigenvalue weighted by Crippen LogP contribution is 2.26. The van der Waals surface area contributed by atoms with Gasteiger partial charge in [-0.3, -0.25) is 9.79 Å². The van der Waals surface area contributed by atoms with Gasteiger partial charge in [-0.1, -0.05) is 12.1 Å². The molecule has 2 aliphatic rings. The fraction of sp³-hybridized carbons (Fsp3) is 0.579. The standard InChI is InChI=1S/C19H26F2N4O2/c1-24-11-17(23-12-24)18(26)25(15-7-5-14(22)6-8-15)10-13-3-2-4-16(9-13)27-19(20)21/h2-4,9,12,14-15,17,19H,5-8,10-11,22H2,1H3/t14-,15+,17?. The number of carbonyl (C=O) groups excluding carboxylic acids is 1. The van der Waals surface area contributed by atoms with E-state index in [4.69, 9.17) is 5.73 Å². The molecule has 1 aromatic rings. The minimum absolute atomic E-state index is 0.0312. The number of nitrogens with zero attached hydrogens (tertiary/aromatic N) is 3. The van der Waals surface area contributed by atoms with Gasteiger partial charge in [0.05, 0.1) is 6.34 Å². The SMILES string of the molecule is CN1C=NC(C(=O)N(Cc2cccc(OC(F)F)c2)[C@H]2CC[C@@H](N)CC2)C1. The number of hydrogen-bond donors (Lipinski definition) is 1. The summed E-state index contributed by atoms with van der Waals surface area (Å²) in [6, 6.07) is 6.36. The van der Waals surface area contributed by atoms with Crippen molar-refractivity contribution in [3.8, 4) is 5.75 Å². The molecule has 0 spiro atoms. The molecule has 2 N–H and O–H groups in total. The number of hydrogen-bond acceptors (Lipinski definition) is 5. The van der Waals surface area contributed by atoms with Crippen molar-refractivity contribution in [1.29, 1.82) is 0 Å². The van der Waals surface area contributed by atoms with Crippen LogP contribution in [-0.2, 0) is 11.3 Å². The van der Waals surface area contributed by atoms with Gasteiger partial charge in [-0.2, -0.15) is 8.78 Å². The zero-order valence-electron chi connectivity index (χ0n) is 15.4. The predicted octanol–water partition coefficient (Wildman–Crippen LogP) is 2.23. The Labute approximate surface area is 158 Å². The van der Waals surface area contributed by atoms with Crippen LogP contribution in [0.15, 0.2) is 29.3 Å². The van der Waals surface area contributed by atoms with E-state index in [1.54, 1.807) is 18.5 Å². The lowest BCUT2D eigenvalue weighted by Gasteiger charge is -2.37. The lowest BCUT2D eigenvalue weighted by atomic mass is 9.90. The molecule has 1 fully saturated rings. The van der Waals surface area contributed by atoms with Gasteiger partial charge in [-0.25, -0.2) is 0 Å². The largest absolute Gasteiger partial charge is 0.435 e. The summed E-state index contributed by atoms with van der Waals surface area (Å²) in [5.74, 6) is 0.0652. The number of likely N-dealkylation sites (N-methyl/N-ethyl adjacent to an activating group) is 1. The van der Waals surface area contributed by atoms with E-state index >= 15 is 0 Å². The van der Waals surface area contributed by atoms with Gasteiger partial charge in [-0.05, 0) is 43.4 Å². The summed E-state index contributed by atoms with van der Waals surface area (Å²) in [7, 11) is 1.88. The van der Waals surface area contributed by atoms with Gasteiger partial charge in [-0.15, -0.1) is 0 Å². The number of benzene rings is 1. The molecule has 0 radical (unpaired) electrons. The fourth-order valence-corrected chi connectivity index (χ4v) is 3.71. The number of carbonyl (C=O) groups is 1. The second-order valence-electron chi connectivity index (χ2n) is 7.28. The number of ether oxygens (including phenoxy) is 1. The van der Waals surface area contributed by atoms with E-state index in [1.165, 1.54) is 6.07 Å². The van der Waals surface area contributed by atoms with Gasteiger partial charge in [0.1, 0.15) is 11.8 Å². The lowest BCUT2D eigenvalue weighted by molar-refractivity contribution is -0.136. The van der Waals surface area contributed by atoms with Crippen molar-refractivity contribution in [1.82, 2.24) is 9.80 Å². The molecular formula is C19H26F2N4O2. The van der Waals surface area contributed by atoms with Gasteiger partial charge in [0.15, 0.2) is 0 Å². The maximum atomic E-state index is 13.1. The summed E-state index contributed by atoms with van der Waals surface area (Å²) in [4.78, 5) is 21.2. The monoisotopic (exact) mass is 380 g/mol. The number of alkyl halides is 2. The molecule has 1 aromatic carbocycles. The highest BCUT2D eigenvalue weighted by molar-refractivity contribution is 5.85. The van der Waals surface area contributed by atoms with Gasteiger partial charge >= 0.3 is 6.61 Å². The van der Waals surface area contributed by atoms with Crippen molar-refractivity contribution in [2.75, 3.05) is 13.6 Å². The molecule has 1 atom stereocenters. The molecule has 8 heteroatoms. The number of aliphatic imine (C=N–C) groups is 1. The normalized spacial score (nSPS) is 25.1. The van der Waals surface area contributed by atoms with Crippen LogP contribution in [0.5, 0.6) is 5.75 Å². The number of halogens is 2. The van der Waals surface area contributed by atoms with Crippen LogP contribution in [0, 0.1) is 0 Å². The van der Waals surface area contributed by atoms with Crippen LogP contribution in [0.2, 0.25) is 0 Å². The van der Waals surface area contributed by atoms with Crippen molar-refractivity contribution >= 4 is 12.2 Å². The van der Waals surface area contributed by atoms with E-state index in [0.29, 0.717) is 13.1 Å². The number of amides is 1. The maximum Gasteiger partial charge on any atom is 0.387 e. The minimum atomic E-state index is -2.87. The van der Waals surface area contributed by atoms with Gasteiger partial charge < -0.3 is 20.3 Å². The summed E-state index contributed by atoms with van der Waals surface area (Å²) < 4.78 is 29.5. The van der Waals surface area contributed by atoms with E-state index in [1.807, 2.05) is 22.9 Å². The zero-order valence-corrected chi connectivity index (χ0v) is 15.4. The average Bonchev–Trinajstić information content (AvgIpc) is 3.06. The third kappa shape index (κ3) is 5.15. The van der Waals surface area contributed by atoms with Crippen LogP contribution in [-0.4, -0.2) is 60.4 Å². The van der Waals surface area contributed by atoms with Crippen molar-refractivity contribution < 1.29 is 18.3 Å². The Hall–Kier alpha value is -2.22. The molecular weight excluding hydrogens is 354 g/mol. The molecule has 1 aliphatic carbocycles. The van der Waals surface area contributed by atoms with Crippen LogP contribution in [0.3, 0.4) is 0 Å². The van der Waals surface area contributed by atoms with Crippen LogP contribution in [0.25, 0.3) is 0 Å². The Morgan fingerprint density at radius 2 is 2.11 bits per heavy atom. The molecule has 1 saturated carbocycles. The van der Waals surface area contributed by atoms with E-state index in [2.05, 4.69) is 9.73 Å². The smallest absolute Gasteiger partial charge is 0.387 e. The Bertz CT molecular complexity index is 677. The van der Waals surface area contributed by atoms with Gasteiger partial charge in [0, 0.05) is 32.2 Å². The molecule has 3 rings (SSSR count). The first-order valence-electron chi connectivity index (χ1n) is 9.25. The molecule has 1 amide bonds. The Morgan fingerprint density at radius 1 is 1.37 bits per heavy atom. The summed E-state index contributed by atoms with van der Waals surface area (Å²) in [5, 5.41) is 0. The molecule has 0 saturated heterocycles. The highest BCUT2D eigenvalue weighted by Gasteiger charge is 2.33. The van der Waals surface area contributed by atoms with Crippen molar-refractivity contribution in [3.63, 3.8) is 0 Å². The number of nitrogens with two attached hydrogens (primary N) is 1. The first kappa shape index (κ1) is 19.5. The van der Waals surface area contributed by atoms with Crippen LogP contribution in [0.1, 0.15) is 31.2 Å². The second kappa shape index (κ2) is 8.65. The lowest BCUT2D eigenvalue weighted by Crippen LogP contribution is -2.48. The molecule has 27 heavy (non-hydrogen) atoms. The molecule has 0 aromatic heterocycles. The third-order valence-corrected chi connectivity index (χ3v) is 5.13. The molecule has 6 nitrogen and oxygen atoms in total. The summed E-state index contributed by atoms with van der Waals surface area (Å²) in [6.45, 7) is -1.98. The number of rotatable bonds is 6. The van der Waals surface area contributed by atoms with Crippen molar-refractivity contribution in [2.45, 2.75) is 57.0 Å². The molecule has 1 heterocycles. The average molecular weight is 380 g/mol. The summed E-state index contributed by atoms with van der Waals surface area (Å²) in [5.41, 5.74) is 6.77. The Kier molecular flexibility index (Phi) is 6.26. The van der Waals surface area contributed by atoms with Gasteiger partial charge in [0.2, 0.25) is 5.91 Å². The van der Waals surface area contributed by atoms with Crippen LogP contribution < -0.4 is 10.5 Å². The quantitative estimate of drug-likeness (QED) is 0.822. The topological polar surface area (TPSA) is 71.2 Å². The molecule has 148 valence electrons. The van der Waals surface area contributed by atoms with Crippen LogP contribution in [0.4, 0.5) is 8.78 Å². The Morgan fingerprint density at radius 3 is 2.74 bits per heavy atom. The highest BCUT2D eigenvalue weighted by atomic mass is 19.3. The van der Waals surface area contributed by atoms with E-state index in [-0.39, 0.29) is 23.7 Å². The second-order valence-corrected chi connectivity index (χ2v) is 7.28. The molecule has 1 aliphatic heterocycles. The minimum Gasteiger partial charge on any atom is -0.435 e. The molecule has 1 unspecified atom stereocenters. The van der Waals surface area contributed by atoms with Crippen LogP contribution >= 0.6 is 0 Å². The maximum absolute atomic E-state index is 13.1. The van der Waals surface area contributed by atoms with E-state index < -0.39 is 12.7 Å². The van der Waals surface area contributed by atoms with E-state index in [0.717, 1.165) is 31.2 Å². The fourth-order valence-electron chi connectivity index (χ4n) is 3.71. The third-order valence-electron chi connectivity index (χ3n) is 5.13. The van der Waals surface area contributed by atoms with Gasteiger partial charge in [0.25, 0.3) is 0 Å². The van der Waals surface area contributed by atoms with Crippen molar-refractivity contribution in [2.24, 2.45) is 10.7 Å². The first-order chi connectivity index (χ1) is 12.9. The van der Waals surface area contributed by atoms with Crippen molar-refractivity contribution in [3.05, 3.63) is 29.8 Å². The summed E-state index contributed by atoms with van der Waals surface area (Å²) >= 11 is 0. The predicted molar refractivity (Wildman–Crippen MR) is 98.8 cm³/mol. The summed E-state index contributed by atoms with van der Waals surface area (Å²) in [6.07, 6.45) is 5.10. The molecule has 0 bridgehead atoms. The Balaban J connectivity index is 1.77. The first-order valence-corrected chi connectivity index (χ1v) is 9.25. The zero-order chi connectivity index (χ0) is 19.4. The van der Waals surface area contributed by atoms with E-state index in [9.17, 15) is 13.6 Å².